The van der Waals surface area contributed by atoms with Crippen LogP contribution in [0.2, 0.25) is 0 Å². The largest absolute Gasteiger partial charge is 0.425 e. The lowest BCUT2D eigenvalue weighted by molar-refractivity contribution is -0.140. The van der Waals surface area contributed by atoms with Crippen molar-refractivity contribution in [1.82, 2.24) is 4.98 Å². The lowest BCUT2D eigenvalue weighted by Gasteiger charge is -2.27. The van der Waals surface area contributed by atoms with E-state index in [-0.39, 0.29) is 11.9 Å². The summed E-state index contributed by atoms with van der Waals surface area (Å²) in [7, 11) is 0. The third-order valence-corrected chi connectivity index (χ3v) is 7.41. The molecule has 0 N–H and O–H groups in total. The summed E-state index contributed by atoms with van der Waals surface area (Å²) >= 11 is 0. The first-order chi connectivity index (χ1) is 17.2. The number of carbonyl (C=O) groups is 1. The Bertz CT molecular complexity index is 906. The minimum atomic E-state index is -0.0948. The van der Waals surface area contributed by atoms with Crippen molar-refractivity contribution < 1.29 is 9.53 Å². The van der Waals surface area contributed by atoms with Crippen molar-refractivity contribution >= 4 is 5.97 Å². The third-order valence-electron chi connectivity index (χ3n) is 7.41. The van der Waals surface area contributed by atoms with Crippen LogP contribution in [0, 0.1) is 23.2 Å². The minimum Gasteiger partial charge on any atom is -0.425 e. The molecule has 0 saturated heterocycles. The first-order valence-electron chi connectivity index (χ1n) is 13.8. The van der Waals surface area contributed by atoms with Gasteiger partial charge in [0.15, 0.2) is 0 Å². The average molecular weight is 475 g/mol. The zero-order valence-corrected chi connectivity index (χ0v) is 21.5. The molecule has 0 atom stereocenters. The predicted molar refractivity (Wildman–Crippen MR) is 141 cm³/mol. The Morgan fingerprint density at radius 1 is 0.914 bits per heavy atom. The van der Waals surface area contributed by atoms with Crippen LogP contribution in [0.15, 0.2) is 42.6 Å². The SMILES string of the molecule is CCCCCCCCCCC1CCC(C(=O)Oc2ccc(CCc3ccc(C#N)cc3)nc2)CC1. The molecule has 0 aliphatic heterocycles. The number of unbranched alkanes of at least 4 members (excludes halogenated alkanes) is 7. The van der Waals surface area contributed by atoms with E-state index >= 15 is 0 Å². The van der Waals surface area contributed by atoms with Crippen LogP contribution in [0.3, 0.4) is 0 Å². The molecule has 4 nitrogen and oxygen atoms in total. The monoisotopic (exact) mass is 474 g/mol. The van der Waals surface area contributed by atoms with Crippen LogP contribution in [-0.4, -0.2) is 11.0 Å². The van der Waals surface area contributed by atoms with E-state index in [1.54, 1.807) is 6.20 Å². The van der Waals surface area contributed by atoms with Crippen LogP contribution in [0.4, 0.5) is 0 Å². The van der Waals surface area contributed by atoms with Crippen molar-refractivity contribution in [2.75, 3.05) is 0 Å². The number of nitriles is 1. The molecule has 1 aliphatic rings. The maximum atomic E-state index is 12.7. The van der Waals surface area contributed by atoms with Gasteiger partial charge in [-0.15, -0.1) is 0 Å². The highest BCUT2D eigenvalue weighted by Crippen LogP contribution is 2.33. The summed E-state index contributed by atoms with van der Waals surface area (Å²) in [5.74, 6) is 1.26. The molecular formula is C31H42N2O2. The Morgan fingerprint density at radius 3 is 2.23 bits per heavy atom. The van der Waals surface area contributed by atoms with E-state index in [2.05, 4.69) is 18.0 Å². The maximum absolute atomic E-state index is 12.7. The average Bonchev–Trinajstić information content (AvgIpc) is 2.90. The van der Waals surface area contributed by atoms with E-state index in [9.17, 15) is 4.79 Å². The fraction of sp³-hybridized carbons (Fsp3) is 0.581. The van der Waals surface area contributed by atoms with E-state index in [1.165, 1.54) is 63.4 Å². The van der Waals surface area contributed by atoms with Crippen LogP contribution in [0.1, 0.15) is 107 Å². The summed E-state index contributed by atoms with van der Waals surface area (Å²) in [6.45, 7) is 2.27. The zero-order valence-electron chi connectivity index (χ0n) is 21.5. The van der Waals surface area contributed by atoms with E-state index in [4.69, 9.17) is 10.00 Å². The molecule has 188 valence electrons. The van der Waals surface area contributed by atoms with Crippen molar-refractivity contribution in [1.29, 1.82) is 5.26 Å². The second-order valence-corrected chi connectivity index (χ2v) is 10.2. The number of rotatable bonds is 14. The van der Waals surface area contributed by atoms with E-state index in [0.717, 1.165) is 50.1 Å². The standard InChI is InChI=1S/C31H42N2O2/c1-2-3-4-5-6-7-8-9-10-25-15-18-28(19-16-25)31(34)35-30-22-21-29(33-24-30)20-17-26-11-13-27(23-32)14-12-26/h11-14,21-22,24-25,28H,2-10,15-20H2,1H3. The van der Waals surface area contributed by atoms with Crippen molar-refractivity contribution in [2.24, 2.45) is 11.8 Å². The molecule has 1 fully saturated rings. The molecule has 0 bridgehead atoms. The number of aromatic nitrogens is 1. The third kappa shape index (κ3) is 9.84. The second kappa shape index (κ2) is 15.4. The van der Waals surface area contributed by atoms with Crippen molar-refractivity contribution in [3.8, 4) is 11.8 Å². The van der Waals surface area contributed by atoms with E-state index in [1.807, 2.05) is 36.4 Å². The molecule has 1 heterocycles. The highest BCUT2D eigenvalue weighted by Gasteiger charge is 2.27. The number of hydrogen-bond acceptors (Lipinski definition) is 4. The zero-order chi connectivity index (χ0) is 24.7. The number of esters is 1. The van der Waals surface area contributed by atoms with Crippen molar-refractivity contribution in [2.45, 2.75) is 103 Å². The van der Waals surface area contributed by atoms with Crippen molar-refractivity contribution in [3.05, 3.63) is 59.4 Å². The fourth-order valence-electron chi connectivity index (χ4n) is 5.09. The van der Waals surface area contributed by atoms with Crippen LogP contribution in [-0.2, 0) is 17.6 Å². The number of pyridine rings is 1. The van der Waals surface area contributed by atoms with Crippen LogP contribution in [0.25, 0.3) is 0 Å². The molecule has 0 spiro atoms. The summed E-state index contributed by atoms with van der Waals surface area (Å²) in [5, 5.41) is 8.90. The molecule has 1 saturated carbocycles. The smallest absolute Gasteiger partial charge is 0.314 e. The first-order valence-corrected chi connectivity index (χ1v) is 13.8. The molecular weight excluding hydrogens is 432 g/mol. The van der Waals surface area contributed by atoms with Gasteiger partial charge in [0, 0.05) is 5.69 Å². The summed E-state index contributed by atoms with van der Waals surface area (Å²) < 4.78 is 5.65. The van der Waals surface area contributed by atoms with Gasteiger partial charge in [0.2, 0.25) is 0 Å². The van der Waals surface area contributed by atoms with Gasteiger partial charge in [-0.25, -0.2) is 0 Å². The summed E-state index contributed by atoms with van der Waals surface area (Å²) in [6, 6.07) is 13.6. The quantitative estimate of drug-likeness (QED) is 0.206. The van der Waals surface area contributed by atoms with E-state index in [0.29, 0.717) is 11.3 Å². The molecule has 0 unspecified atom stereocenters. The topological polar surface area (TPSA) is 63.0 Å². The molecule has 3 rings (SSSR count). The van der Waals surface area contributed by atoms with Gasteiger partial charge in [-0.05, 0) is 74.3 Å². The summed E-state index contributed by atoms with van der Waals surface area (Å²) in [5.41, 5.74) is 2.82. The Hall–Kier alpha value is -2.67. The van der Waals surface area contributed by atoms with Crippen LogP contribution < -0.4 is 4.74 Å². The Morgan fingerprint density at radius 2 is 1.60 bits per heavy atom. The molecule has 1 aromatic carbocycles. The van der Waals surface area contributed by atoms with Gasteiger partial charge in [0.1, 0.15) is 5.75 Å². The number of aryl methyl sites for hydroxylation is 2. The van der Waals surface area contributed by atoms with Gasteiger partial charge in [0.25, 0.3) is 0 Å². The highest BCUT2D eigenvalue weighted by atomic mass is 16.5. The first kappa shape index (κ1) is 26.9. The van der Waals surface area contributed by atoms with Gasteiger partial charge in [-0.3, -0.25) is 9.78 Å². The molecule has 1 aromatic heterocycles. The Kier molecular flexibility index (Phi) is 11.8. The minimum absolute atomic E-state index is 0.0286. The van der Waals surface area contributed by atoms with Gasteiger partial charge in [0.05, 0.1) is 23.7 Å². The fourth-order valence-corrected chi connectivity index (χ4v) is 5.09. The van der Waals surface area contributed by atoms with Crippen LogP contribution in [0.5, 0.6) is 5.75 Å². The molecule has 4 heteroatoms. The Labute approximate surface area is 212 Å². The van der Waals surface area contributed by atoms with Crippen molar-refractivity contribution in [3.63, 3.8) is 0 Å². The van der Waals surface area contributed by atoms with E-state index < -0.39 is 0 Å². The molecule has 0 amide bonds. The van der Waals surface area contributed by atoms with Crippen LogP contribution >= 0.6 is 0 Å². The van der Waals surface area contributed by atoms with Gasteiger partial charge >= 0.3 is 5.97 Å². The molecule has 0 radical (unpaired) electrons. The lowest BCUT2D eigenvalue weighted by Crippen LogP contribution is -2.25. The normalized spacial score (nSPS) is 17.6. The molecule has 2 aromatic rings. The van der Waals surface area contributed by atoms with Gasteiger partial charge in [-0.2, -0.15) is 5.26 Å². The number of carbonyl (C=O) groups excluding carboxylic acids is 1. The Balaban J connectivity index is 1.30. The number of nitrogens with zero attached hydrogens (tertiary/aromatic N) is 2. The second-order valence-electron chi connectivity index (χ2n) is 10.2. The number of hydrogen-bond donors (Lipinski definition) is 0. The predicted octanol–water partition coefficient (Wildman–Crippen LogP) is 7.98. The molecule has 1 aliphatic carbocycles. The summed E-state index contributed by atoms with van der Waals surface area (Å²) in [4.78, 5) is 17.1. The van der Waals surface area contributed by atoms with Gasteiger partial charge < -0.3 is 4.74 Å². The lowest BCUT2D eigenvalue weighted by atomic mass is 9.80. The number of ether oxygens (including phenoxy) is 1. The molecule has 35 heavy (non-hydrogen) atoms. The summed E-state index contributed by atoms with van der Waals surface area (Å²) in [6.07, 6.45) is 19.9. The van der Waals surface area contributed by atoms with Gasteiger partial charge in [-0.1, -0.05) is 76.8 Å². The maximum Gasteiger partial charge on any atom is 0.314 e. The number of benzene rings is 1. The highest BCUT2D eigenvalue weighted by molar-refractivity contribution is 5.75.